The molecule has 1 spiro atoms. The normalized spacial score (nSPS) is 16.8. The smallest absolute Gasteiger partial charge is 0.178 e. The van der Waals surface area contributed by atoms with E-state index in [1.165, 1.54) is 38.5 Å². The fourth-order valence-corrected chi connectivity index (χ4v) is 5.89. The minimum absolute atomic E-state index is 0.455. The lowest BCUT2D eigenvalue weighted by molar-refractivity contribution is -0.996. The van der Waals surface area contributed by atoms with Crippen LogP contribution in [0.2, 0.25) is 0 Å². The summed E-state index contributed by atoms with van der Waals surface area (Å²) in [4.78, 5) is 2.62. The van der Waals surface area contributed by atoms with Gasteiger partial charge in [-0.1, -0.05) is 57.7 Å². The van der Waals surface area contributed by atoms with Gasteiger partial charge in [0.25, 0.3) is 11.4 Å². The van der Waals surface area contributed by atoms with Crippen LogP contribution in [0, 0.1) is 0 Å². The molecule has 0 unspecified atom stereocenters. The Kier molecular flexibility index (Phi) is 4.13. The molecule has 0 atom stereocenters. The Labute approximate surface area is 193 Å². The Bertz CT molecular complexity index is 1420. The van der Waals surface area contributed by atoms with Gasteiger partial charge in [0, 0.05) is 43.9 Å². The summed E-state index contributed by atoms with van der Waals surface area (Å²) in [7, 11) is 0. The first kappa shape index (κ1) is 18.9. The van der Waals surface area contributed by atoms with E-state index in [0.717, 1.165) is 26.1 Å². The molecule has 160 valence electrons. The summed E-state index contributed by atoms with van der Waals surface area (Å²) < 4.78 is 4.82. The zero-order valence-electron chi connectivity index (χ0n) is 18.5. The molecule has 0 saturated carbocycles. The second-order valence-corrected chi connectivity index (χ2v) is 9.05. The summed E-state index contributed by atoms with van der Waals surface area (Å²) in [5, 5.41) is 9.21. The van der Waals surface area contributed by atoms with E-state index in [1.54, 1.807) is 0 Å². The van der Waals surface area contributed by atoms with Gasteiger partial charge in [-0.05, 0) is 51.7 Å². The number of pyridine rings is 2. The first-order valence-corrected chi connectivity index (χ1v) is 11.8. The fourth-order valence-electron chi connectivity index (χ4n) is 5.89. The number of nitrogens with one attached hydrogen (secondary N) is 1. The summed E-state index contributed by atoms with van der Waals surface area (Å²) in [5.41, 5.74) is 3.87. The molecule has 0 aliphatic carbocycles. The number of nitrogens with zero attached hydrogens (tertiary/aromatic N) is 3. The van der Waals surface area contributed by atoms with Crippen molar-refractivity contribution >= 4 is 21.5 Å². The average Bonchev–Trinajstić information content (AvgIpc) is 3.16. The summed E-state index contributed by atoms with van der Waals surface area (Å²) in [6.45, 7) is 2.86. The van der Waals surface area contributed by atoms with E-state index >= 15 is 0 Å². The van der Waals surface area contributed by atoms with Crippen LogP contribution in [-0.2, 0) is 12.5 Å². The van der Waals surface area contributed by atoms with Crippen molar-refractivity contribution < 1.29 is 9.13 Å². The van der Waals surface area contributed by atoms with Gasteiger partial charge >= 0.3 is 5.91 Å². The van der Waals surface area contributed by atoms with Gasteiger partial charge in [0.15, 0.2) is 12.4 Å². The molecular formula is C29H26N4+2. The van der Waals surface area contributed by atoms with Gasteiger partial charge in [-0.2, -0.15) is 10.2 Å². The maximum atomic E-state index is 3.93. The van der Waals surface area contributed by atoms with Crippen molar-refractivity contribution in [3.05, 3.63) is 109 Å². The lowest BCUT2D eigenvalue weighted by atomic mass is 9.96. The molecule has 4 heteroatoms. The maximum Gasteiger partial charge on any atom is 0.497 e. The number of benzene rings is 3. The topological polar surface area (TPSA) is 23.0 Å². The second kappa shape index (κ2) is 7.20. The fraction of sp³-hybridized carbons (Fsp3) is 0.172. The van der Waals surface area contributed by atoms with Crippen LogP contribution in [0.25, 0.3) is 32.9 Å². The first-order valence-electron chi connectivity index (χ1n) is 11.8. The molecular weight excluding hydrogens is 404 g/mol. The van der Waals surface area contributed by atoms with E-state index in [0.29, 0.717) is 0 Å². The minimum atomic E-state index is -0.455. The maximum absolute atomic E-state index is 3.93. The number of hydrogen-bond donors (Lipinski definition) is 1. The van der Waals surface area contributed by atoms with E-state index in [9.17, 15) is 0 Å². The quantitative estimate of drug-likeness (QED) is 0.336. The molecule has 2 aromatic heterocycles. The molecule has 3 aromatic carbocycles. The molecule has 1 fully saturated rings. The molecule has 0 bridgehead atoms. The van der Waals surface area contributed by atoms with Crippen LogP contribution in [0.5, 0.6) is 0 Å². The zero-order valence-corrected chi connectivity index (χ0v) is 18.5. The van der Waals surface area contributed by atoms with E-state index in [4.69, 9.17) is 0 Å². The molecule has 2 aliphatic heterocycles. The Morgan fingerprint density at radius 1 is 0.727 bits per heavy atom. The van der Waals surface area contributed by atoms with Crippen molar-refractivity contribution in [1.29, 1.82) is 0 Å². The van der Waals surface area contributed by atoms with E-state index in [-0.39, 0.29) is 0 Å². The molecule has 0 amide bonds. The van der Waals surface area contributed by atoms with Crippen molar-refractivity contribution in [2.24, 2.45) is 0 Å². The highest BCUT2D eigenvalue weighted by Crippen LogP contribution is 2.33. The number of aromatic nitrogens is 2. The lowest BCUT2D eigenvalue weighted by Crippen LogP contribution is -2.85. The van der Waals surface area contributed by atoms with E-state index in [2.05, 4.69) is 123 Å². The predicted octanol–water partition coefficient (Wildman–Crippen LogP) is 4.16. The van der Waals surface area contributed by atoms with Gasteiger partial charge in [0.2, 0.25) is 0 Å². The van der Waals surface area contributed by atoms with E-state index < -0.39 is 5.91 Å². The highest BCUT2D eigenvalue weighted by molar-refractivity contribution is 6.02. The number of fused-ring (bicyclic) bond motifs is 7. The molecule has 7 rings (SSSR count). The summed E-state index contributed by atoms with van der Waals surface area (Å²) in [6.07, 6.45) is 5.56. The van der Waals surface area contributed by atoms with E-state index in [1.807, 2.05) is 0 Å². The van der Waals surface area contributed by atoms with Crippen LogP contribution >= 0.6 is 0 Å². The first-order chi connectivity index (χ1) is 16.4. The van der Waals surface area contributed by atoms with Crippen molar-refractivity contribution in [2.45, 2.75) is 18.9 Å². The van der Waals surface area contributed by atoms with Gasteiger partial charge in [0.1, 0.15) is 0 Å². The SMILES string of the molecule is c1cc[n+]2c(c1)-c1cccc[n+]1C21NCCCN1Cc1c2ccccc2cc2ccccc12. The lowest BCUT2D eigenvalue weighted by Gasteiger charge is -2.35. The van der Waals surface area contributed by atoms with Crippen molar-refractivity contribution in [3.8, 4) is 11.4 Å². The molecule has 5 aromatic rings. The van der Waals surface area contributed by atoms with Crippen LogP contribution in [0.3, 0.4) is 0 Å². The highest BCUT2D eigenvalue weighted by Gasteiger charge is 2.64. The monoisotopic (exact) mass is 430 g/mol. The minimum Gasteiger partial charge on any atom is -0.178 e. The Morgan fingerprint density at radius 3 is 1.94 bits per heavy atom. The second-order valence-electron chi connectivity index (χ2n) is 9.05. The third-order valence-electron chi connectivity index (χ3n) is 7.29. The Balaban J connectivity index is 1.47. The summed E-state index contributed by atoms with van der Waals surface area (Å²) in [6, 6.07) is 32.9. The van der Waals surface area contributed by atoms with Gasteiger partial charge < -0.3 is 0 Å². The van der Waals surface area contributed by atoms with Crippen LogP contribution in [0.1, 0.15) is 12.0 Å². The van der Waals surface area contributed by atoms with Crippen molar-refractivity contribution in [2.75, 3.05) is 13.1 Å². The summed E-state index contributed by atoms with van der Waals surface area (Å²) >= 11 is 0. The largest absolute Gasteiger partial charge is 0.497 e. The molecule has 1 saturated heterocycles. The van der Waals surface area contributed by atoms with Gasteiger partial charge in [-0.25, -0.2) is 0 Å². The molecule has 0 radical (unpaired) electrons. The highest BCUT2D eigenvalue weighted by atomic mass is 15.6. The van der Waals surface area contributed by atoms with Crippen LogP contribution in [-0.4, -0.2) is 18.0 Å². The Morgan fingerprint density at radius 2 is 1.30 bits per heavy atom. The molecule has 33 heavy (non-hydrogen) atoms. The zero-order chi connectivity index (χ0) is 21.8. The van der Waals surface area contributed by atoms with Crippen LogP contribution in [0.15, 0.2) is 103 Å². The molecule has 2 aliphatic rings. The third kappa shape index (κ3) is 2.65. The molecule has 4 nitrogen and oxygen atoms in total. The van der Waals surface area contributed by atoms with Gasteiger partial charge in [0.05, 0.1) is 0 Å². The summed E-state index contributed by atoms with van der Waals surface area (Å²) in [5.74, 6) is -0.455. The number of rotatable bonds is 2. The molecule has 1 N–H and O–H groups in total. The van der Waals surface area contributed by atoms with Gasteiger partial charge in [-0.15, -0.1) is 0 Å². The van der Waals surface area contributed by atoms with Crippen molar-refractivity contribution in [3.63, 3.8) is 0 Å². The standard InChI is InChI=1S/C29H26N4/c1-3-12-24-22(10-1)20-23-11-2-4-13-25(23)26(24)21-31-17-9-16-30-29(31)32-18-7-5-14-27(32)28-15-6-8-19-33(28)29/h1-8,10-15,18-20,30H,9,16-17,21H2/q+2. The third-order valence-corrected chi connectivity index (χ3v) is 7.29. The van der Waals surface area contributed by atoms with Crippen molar-refractivity contribution in [1.82, 2.24) is 10.2 Å². The number of hydrogen-bond acceptors (Lipinski definition) is 2. The van der Waals surface area contributed by atoms with Gasteiger partial charge in [-0.3, -0.25) is 0 Å². The Hall–Kier alpha value is -3.60. The average molecular weight is 431 g/mol. The predicted molar refractivity (Wildman–Crippen MR) is 130 cm³/mol. The van der Waals surface area contributed by atoms with Crippen LogP contribution in [0.4, 0.5) is 0 Å². The van der Waals surface area contributed by atoms with Crippen LogP contribution < -0.4 is 14.5 Å². The molecule has 4 heterocycles.